The lowest BCUT2D eigenvalue weighted by molar-refractivity contribution is -0.605. The summed E-state index contributed by atoms with van der Waals surface area (Å²) in [6.07, 6.45) is 2.44. The lowest BCUT2D eigenvalue weighted by Gasteiger charge is -1.97. The molecular weight excluding hydrogens is 202 g/mol. The van der Waals surface area contributed by atoms with Crippen LogP contribution in [-0.4, -0.2) is 8.42 Å². The van der Waals surface area contributed by atoms with Crippen LogP contribution in [0.3, 0.4) is 0 Å². The molecule has 0 aromatic carbocycles. The van der Waals surface area contributed by atoms with Crippen molar-refractivity contribution in [3.8, 4) is 0 Å². The summed E-state index contributed by atoms with van der Waals surface area (Å²) in [5.74, 6) is -0.255. The van der Waals surface area contributed by atoms with E-state index in [0.29, 0.717) is 10.3 Å². The van der Waals surface area contributed by atoms with Crippen LogP contribution in [0.2, 0.25) is 0 Å². The van der Waals surface area contributed by atoms with Crippen molar-refractivity contribution in [2.75, 3.05) is 0 Å². The average molecular weight is 208 g/mol. The largest absolute Gasteiger partial charge is 0.619 e. The monoisotopic (exact) mass is 207 g/mol. The molecule has 0 fully saturated rings. The Bertz CT molecular complexity index is 359. The number of halogens is 1. The maximum Gasteiger partial charge on any atom is 0.236 e. The molecule has 0 unspecified atom stereocenters. The predicted octanol–water partition coefficient (Wildman–Crippen LogP) is 0.389. The van der Waals surface area contributed by atoms with Gasteiger partial charge in [-0.15, -0.1) is 0 Å². The van der Waals surface area contributed by atoms with Gasteiger partial charge < -0.3 is 5.21 Å². The molecule has 1 aromatic rings. The summed E-state index contributed by atoms with van der Waals surface area (Å²) in [4.78, 5) is 0. The number of nitrogens with zero attached hydrogens (tertiary/aromatic N) is 1. The predicted molar refractivity (Wildman–Crippen MR) is 43.9 cm³/mol. The van der Waals surface area contributed by atoms with Gasteiger partial charge in [0.1, 0.15) is 0 Å². The third-order valence-corrected chi connectivity index (χ3v) is 2.22. The molecule has 1 aromatic heterocycles. The van der Waals surface area contributed by atoms with Crippen molar-refractivity contribution in [2.24, 2.45) is 0 Å². The van der Waals surface area contributed by atoms with Gasteiger partial charge in [-0.1, -0.05) is 0 Å². The molecule has 0 saturated carbocycles. The van der Waals surface area contributed by atoms with Crippen molar-refractivity contribution in [1.82, 2.24) is 0 Å². The van der Waals surface area contributed by atoms with Crippen LogP contribution in [0.4, 0.5) is 0 Å². The minimum Gasteiger partial charge on any atom is -0.619 e. The Hall–Kier alpha value is -0.810. The highest BCUT2D eigenvalue weighted by atomic mass is 35.7. The highest BCUT2D eigenvalue weighted by Crippen LogP contribution is 2.06. The summed E-state index contributed by atoms with van der Waals surface area (Å²) in [5.41, 5.74) is 0.497. The Balaban J connectivity index is 2.85. The number of hydrogen-bond donors (Lipinski definition) is 0. The molecule has 6 heteroatoms. The van der Waals surface area contributed by atoms with E-state index in [2.05, 4.69) is 0 Å². The van der Waals surface area contributed by atoms with Crippen LogP contribution in [0.25, 0.3) is 0 Å². The average Bonchev–Trinajstić information content (AvgIpc) is 1.91. The van der Waals surface area contributed by atoms with E-state index in [1.54, 1.807) is 0 Å². The first-order valence-corrected chi connectivity index (χ1v) is 5.55. The Morgan fingerprint density at radius 2 is 1.92 bits per heavy atom. The zero-order chi connectivity index (χ0) is 9.19. The molecule has 0 N–H and O–H groups in total. The zero-order valence-corrected chi connectivity index (χ0v) is 7.55. The third-order valence-electron chi connectivity index (χ3n) is 1.21. The van der Waals surface area contributed by atoms with Gasteiger partial charge in [0.15, 0.2) is 12.4 Å². The second kappa shape index (κ2) is 3.28. The molecule has 12 heavy (non-hydrogen) atoms. The van der Waals surface area contributed by atoms with Gasteiger partial charge in [-0.3, -0.25) is 0 Å². The second-order valence-corrected chi connectivity index (χ2v) is 5.03. The van der Waals surface area contributed by atoms with Crippen LogP contribution in [-0.2, 0) is 14.8 Å². The number of rotatable bonds is 2. The van der Waals surface area contributed by atoms with E-state index in [9.17, 15) is 13.6 Å². The Labute approximate surface area is 74.4 Å². The van der Waals surface area contributed by atoms with Gasteiger partial charge >= 0.3 is 0 Å². The first kappa shape index (κ1) is 9.28. The fourth-order valence-electron chi connectivity index (χ4n) is 0.739. The van der Waals surface area contributed by atoms with E-state index in [4.69, 9.17) is 10.7 Å². The van der Waals surface area contributed by atoms with Crippen molar-refractivity contribution in [3.05, 3.63) is 35.3 Å². The van der Waals surface area contributed by atoms with Gasteiger partial charge in [0.05, 0.1) is 5.75 Å². The van der Waals surface area contributed by atoms with Gasteiger partial charge in [-0.2, -0.15) is 4.73 Å². The maximum atomic E-state index is 10.6. The van der Waals surface area contributed by atoms with Crippen molar-refractivity contribution in [2.45, 2.75) is 5.75 Å². The lowest BCUT2D eigenvalue weighted by atomic mass is 10.3. The van der Waals surface area contributed by atoms with E-state index in [1.807, 2.05) is 0 Å². The molecule has 1 rings (SSSR count). The molecule has 0 saturated heterocycles. The number of aromatic nitrogens is 1. The van der Waals surface area contributed by atoms with E-state index in [-0.39, 0.29) is 5.75 Å². The molecule has 4 nitrogen and oxygen atoms in total. The highest BCUT2D eigenvalue weighted by molar-refractivity contribution is 8.13. The topological polar surface area (TPSA) is 61.1 Å². The maximum absolute atomic E-state index is 10.6. The molecule has 0 aliphatic carbocycles. The lowest BCUT2D eigenvalue weighted by Crippen LogP contribution is -2.23. The molecule has 0 aliphatic heterocycles. The normalized spacial score (nSPS) is 11.4. The quantitative estimate of drug-likeness (QED) is 0.400. The van der Waals surface area contributed by atoms with Crippen LogP contribution >= 0.6 is 10.7 Å². The van der Waals surface area contributed by atoms with Gasteiger partial charge in [-0.25, -0.2) is 8.42 Å². The molecule has 0 radical (unpaired) electrons. The van der Waals surface area contributed by atoms with Crippen molar-refractivity contribution in [3.63, 3.8) is 0 Å². The van der Waals surface area contributed by atoms with Crippen molar-refractivity contribution in [1.29, 1.82) is 0 Å². The van der Waals surface area contributed by atoms with Gasteiger partial charge in [-0.05, 0) is 5.56 Å². The van der Waals surface area contributed by atoms with Crippen molar-refractivity contribution < 1.29 is 13.1 Å². The molecule has 0 bridgehead atoms. The first-order valence-electron chi connectivity index (χ1n) is 3.07. The summed E-state index contributed by atoms with van der Waals surface area (Å²) in [7, 11) is 1.47. The summed E-state index contributed by atoms with van der Waals surface area (Å²) in [6, 6.07) is 2.82. The fraction of sp³-hybridized carbons (Fsp3) is 0.167. The fourth-order valence-corrected chi connectivity index (χ4v) is 1.71. The second-order valence-electron chi connectivity index (χ2n) is 2.25. The highest BCUT2D eigenvalue weighted by Gasteiger charge is 2.07. The summed E-state index contributed by atoms with van der Waals surface area (Å²) >= 11 is 0. The number of pyridine rings is 1. The molecule has 0 spiro atoms. The number of hydrogen-bond acceptors (Lipinski definition) is 3. The summed E-state index contributed by atoms with van der Waals surface area (Å²) in [6.45, 7) is 0. The van der Waals surface area contributed by atoms with Crippen LogP contribution in [0, 0.1) is 5.21 Å². The van der Waals surface area contributed by atoms with Gasteiger partial charge in [0.25, 0.3) is 0 Å². The Morgan fingerprint density at radius 3 is 2.33 bits per heavy atom. The molecular formula is C6H6ClNO3S. The molecule has 0 aliphatic rings. The molecule has 1 heterocycles. The standard InChI is InChI=1S/C6H6ClNO3S/c7-12(10,11)5-6-1-3-8(9)4-2-6/h1-4H,5H2. The van der Waals surface area contributed by atoms with E-state index in [0.717, 1.165) is 0 Å². The molecule has 0 amide bonds. The van der Waals surface area contributed by atoms with Crippen LogP contribution in [0.5, 0.6) is 0 Å². The minimum atomic E-state index is -3.53. The van der Waals surface area contributed by atoms with Gasteiger partial charge in [0, 0.05) is 22.8 Å². The van der Waals surface area contributed by atoms with Crippen LogP contribution in [0.1, 0.15) is 5.56 Å². The first-order chi connectivity index (χ1) is 5.47. The molecule has 0 atom stereocenters. The van der Waals surface area contributed by atoms with Gasteiger partial charge in [0.2, 0.25) is 9.05 Å². The van der Waals surface area contributed by atoms with Crippen LogP contribution in [0.15, 0.2) is 24.5 Å². The summed E-state index contributed by atoms with van der Waals surface area (Å²) < 4.78 is 21.7. The van der Waals surface area contributed by atoms with Crippen molar-refractivity contribution >= 4 is 19.7 Å². The van der Waals surface area contributed by atoms with E-state index in [1.165, 1.54) is 24.5 Å². The Kier molecular flexibility index (Phi) is 2.54. The SMILES string of the molecule is O=S(=O)(Cl)Cc1cc[n+]([O-])cc1. The smallest absolute Gasteiger partial charge is 0.236 e. The van der Waals surface area contributed by atoms with E-state index >= 15 is 0 Å². The Morgan fingerprint density at radius 1 is 1.42 bits per heavy atom. The third kappa shape index (κ3) is 3.06. The summed E-state index contributed by atoms with van der Waals surface area (Å²) in [5, 5.41) is 10.5. The molecule has 66 valence electrons. The van der Waals surface area contributed by atoms with Crippen LogP contribution < -0.4 is 4.73 Å². The zero-order valence-electron chi connectivity index (χ0n) is 5.97. The van der Waals surface area contributed by atoms with E-state index < -0.39 is 9.05 Å². The minimum absolute atomic E-state index is 0.255.